The zero-order valence-corrected chi connectivity index (χ0v) is 13.0. The number of H-pyrrole nitrogens is 1. The van der Waals surface area contributed by atoms with Crippen molar-refractivity contribution >= 4 is 17.6 Å². The van der Waals surface area contributed by atoms with Gasteiger partial charge in [-0.25, -0.2) is 4.79 Å². The maximum atomic E-state index is 11.9. The molecule has 122 valence electrons. The summed E-state index contributed by atoms with van der Waals surface area (Å²) < 4.78 is 0. The van der Waals surface area contributed by atoms with Crippen molar-refractivity contribution in [1.29, 1.82) is 0 Å². The number of carbonyl (C=O) groups is 2. The molecule has 0 bridgehead atoms. The first-order valence-electron chi connectivity index (χ1n) is 7.11. The van der Waals surface area contributed by atoms with Gasteiger partial charge in [-0.15, -0.1) is 10.2 Å². The maximum Gasteiger partial charge on any atom is 0.319 e. The zero-order valence-electron chi connectivity index (χ0n) is 13.0. The van der Waals surface area contributed by atoms with Crippen molar-refractivity contribution in [2.24, 2.45) is 0 Å². The molecule has 0 fully saturated rings. The fourth-order valence-corrected chi connectivity index (χ4v) is 1.91. The second kappa shape index (κ2) is 7.87. The third kappa shape index (κ3) is 5.06. The third-order valence-electron chi connectivity index (χ3n) is 3.17. The van der Waals surface area contributed by atoms with E-state index in [1.807, 2.05) is 18.2 Å². The SMILES string of the molecule is CN(C)C(=O)CCc1ccccc1NC(=O)NCc1nn[nH]n1. The van der Waals surface area contributed by atoms with Gasteiger partial charge in [0.2, 0.25) is 5.91 Å². The summed E-state index contributed by atoms with van der Waals surface area (Å²) in [6.07, 6.45) is 0.939. The average molecular weight is 317 g/mol. The van der Waals surface area contributed by atoms with Crippen molar-refractivity contribution in [3.8, 4) is 0 Å². The third-order valence-corrected chi connectivity index (χ3v) is 3.17. The largest absolute Gasteiger partial charge is 0.349 e. The number of amides is 3. The predicted molar refractivity (Wildman–Crippen MR) is 83.5 cm³/mol. The molecule has 0 spiro atoms. The minimum absolute atomic E-state index is 0.0429. The van der Waals surface area contributed by atoms with Crippen LogP contribution in [0.5, 0.6) is 0 Å². The second-order valence-electron chi connectivity index (χ2n) is 5.08. The number of benzene rings is 1. The van der Waals surface area contributed by atoms with Crippen molar-refractivity contribution < 1.29 is 9.59 Å². The summed E-state index contributed by atoms with van der Waals surface area (Å²) in [6, 6.07) is 7.01. The van der Waals surface area contributed by atoms with E-state index in [-0.39, 0.29) is 18.5 Å². The van der Waals surface area contributed by atoms with E-state index in [1.165, 1.54) is 0 Å². The van der Waals surface area contributed by atoms with Crippen molar-refractivity contribution in [2.75, 3.05) is 19.4 Å². The summed E-state index contributed by atoms with van der Waals surface area (Å²) in [4.78, 5) is 25.2. The topological polar surface area (TPSA) is 116 Å². The highest BCUT2D eigenvalue weighted by atomic mass is 16.2. The highest BCUT2D eigenvalue weighted by Gasteiger charge is 2.10. The average Bonchev–Trinajstić information content (AvgIpc) is 3.05. The first-order chi connectivity index (χ1) is 11.1. The molecule has 2 aromatic rings. The standard InChI is InChI=1S/C14H19N7O2/c1-21(2)13(22)8-7-10-5-3-4-6-11(10)16-14(23)15-9-12-17-19-20-18-12/h3-6H,7-9H2,1-2H3,(H2,15,16,23)(H,17,18,19,20). The molecule has 3 N–H and O–H groups in total. The van der Waals surface area contributed by atoms with E-state index in [0.717, 1.165) is 5.56 Å². The number of rotatable bonds is 6. The van der Waals surface area contributed by atoms with E-state index >= 15 is 0 Å². The quantitative estimate of drug-likeness (QED) is 0.719. The molecule has 0 radical (unpaired) electrons. The highest BCUT2D eigenvalue weighted by molar-refractivity contribution is 5.90. The predicted octanol–water partition coefficient (Wildman–Crippen LogP) is 0.542. The monoisotopic (exact) mass is 317 g/mol. The van der Waals surface area contributed by atoms with E-state index in [2.05, 4.69) is 31.3 Å². The zero-order chi connectivity index (χ0) is 16.7. The minimum atomic E-state index is -0.374. The number of para-hydroxylation sites is 1. The minimum Gasteiger partial charge on any atom is -0.349 e. The lowest BCUT2D eigenvalue weighted by Crippen LogP contribution is -2.29. The summed E-state index contributed by atoms with van der Waals surface area (Å²) in [6.45, 7) is 0.170. The van der Waals surface area contributed by atoms with Crippen molar-refractivity contribution in [3.05, 3.63) is 35.7 Å². The summed E-state index contributed by atoms with van der Waals surface area (Å²) in [5.41, 5.74) is 1.57. The number of tetrazole rings is 1. The maximum absolute atomic E-state index is 11.9. The van der Waals surface area contributed by atoms with E-state index in [0.29, 0.717) is 24.4 Å². The number of aromatic amines is 1. The molecule has 9 heteroatoms. The molecule has 0 aliphatic carbocycles. The highest BCUT2D eigenvalue weighted by Crippen LogP contribution is 2.17. The first-order valence-corrected chi connectivity index (χ1v) is 7.11. The Kier molecular flexibility index (Phi) is 5.61. The van der Waals surface area contributed by atoms with Gasteiger partial charge in [0, 0.05) is 26.2 Å². The molecule has 0 aliphatic heterocycles. The van der Waals surface area contributed by atoms with Crippen LogP contribution in [0.3, 0.4) is 0 Å². The van der Waals surface area contributed by atoms with Gasteiger partial charge in [-0.3, -0.25) is 4.79 Å². The normalized spacial score (nSPS) is 10.2. The van der Waals surface area contributed by atoms with Crippen LogP contribution in [0.1, 0.15) is 17.8 Å². The van der Waals surface area contributed by atoms with Crippen LogP contribution in [0.15, 0.2) is 24.3 Å². The Morgan fingerprint density at radius 2 is 2.04 bits per heavy atom. The Morgan fingerprint density at radius 1 is 1.26 bits per heavy atom. The van der Waals surface area contributed by atoms with Crippen LogP contribution < -0.4 is 10.6 Å². The molecule has 2 rings (SSSR count). The van der Waals surface area contributed by atoms with Gasteiger partial charge in [0.1, 0.15) is 0 Å². The van der Waals surface area contributed by atoms with Crippen molar-refractivity contribution in [3.63, 3.8) is 0 Å². The smallest absolute Gasteiger partial charge is 0.319 e. The Morgan fingerprint density at radius 3 is 2.74 bits per heavy atom. The molecular weight excluding hydrogens is 298 g/mol. The van der Waals surface area contributed by atoms with Gasteiger partial charge >= 0.3 is 6.03 Å². The second-order valence-corrected chi connectivity index (χ2v) is 5.08. The van der Waals surface area contributed by atoms with Gasteiger partial charge in [0.05, 0.1) is 6.54 Å². The molecular formula is C14H19N7O2. The number of aryl methyl sites for hydroxylation is 1. The van der Waals surface area contributed by atoms with Crippen LogP contribution in [0, 0.1) is 0 Å². The number of hydrogen-bond donors (Lipinski definition) is 3. The Hall–Kier alpha value is -2.97. The van der Waals surface area contributed by atoms with Crippen LogP contribution in [0.25, 0.3) is 0 Å². The number of carbonyl (C=O) groups excluding carboxylic acids is 2. The van der Waals surface area contributed by atoms with E-state index < -0.39 is 0 Å². The van der Waals surface area contributed by atoms with Gasteiger partial charge in [-0.2, -0.15) is 5.21 Å². The number of aromatic nitrogens is 4. The molecule has 0 saturated heterocycles. The van der Waals surface area contributed by atoms with Gasteiger partial charge in [0.25, 0.3) is 0 Å². The van der Waals surface area contributed by atoms with Gasteiger partial charge < -0.3 is 15.5 Å². The molecule has 3 amide bonds. The van der Waals surface area contributed by atoms with Crippen molar-refractivity contribution in [1.82, 2.24) is 30.8 Å². The van der Waals surface area contributed by atoms with Crippen LogP contribution in [0.4, 0.5) is 10.5 Å². The molecule has 23 heavy (non-hydrogen) atoms. The molecule has 1 heterocycles. The fourth-order valence-electron chi connectivity index (χ4n) is 1.91. The molecule has 0 unspecified atom stereocenters. The number of nitrogens with one attached hydrogen (secondary N) is 3. The van der Waals surface area contributed by atoms with E-state index in [4.69, 9.17) is 0 Å². The number of nitrogens with zero attached hydrogens (tertiary/aromatic N) is 4. The molecule has 0 atom stereocenters. The van der Waals surface area contributed by atoms with Gasteiger partial charge in [-0.05, 0) is 18.1 Å². The summed E-state index contributed by atoms with van der Waals surface area (Å²) in [7, 11) is 3.44. The first kappa shape index (κ1) is 16.4. The van der Waals surface area contributed by atoms with E-state index in [9.17, 15) is 9.59 Å². The van der Waals surface area contributed by atoms with Gasteiger partial charge in [-0.1, -0.05) is 23.4 Å². The molecule has 0 aliphatic rings. The van der Waals surface area contributed by atoms with Gasteiger partial charge in [0.15, 0.2) is 5.82 Å². The Labute approximate surface area is 133 Å². The van der Waals surface area contributed by atoms with Crippen LogP contribution in [0.2, 0.25) is 0 Å². The number of hydrogen-bond acceptors (Lipinski definition) is 5. The lowest BCUT2D eigenvalue weighted by molar-refractivity contribution is -0.128. The van der Waals surface area contributed by atoms with Crippen LogP contribution in [-0.4, -0.2) is 51.6 Å². The van der Waals surface area contributed by atoms with Crippen LogP contribution >= 0.6 is 0 Å². The molecule has 1 aromatic carbocycles. The summed E-state index contributed by atoms with van der Waals surface area (Å²) in [5, 5.41) is 18.6. The fraction of sp³-hybridized carbons (Fsp3) is 0.357. The summed E-state index contributed by atoms with van der Waals surface area (Å²) >= 11 is 0. The molecule has 0 saturated carbocycles. The number of urea groups is 1. The molecule has 9 nitrogen and oxygen atoms in total. The van der Waals surface area contributed by atoms with Crippen molar-refractivity contribution in [2.45, 2.75) is 19.4 Å². The van der Waals surface area contributed by atoms with Crippen LogP contribution in [-0.2, 0) is 17.8 Å². The Bertz CT molecular complexity index is 655. The Balaban J connectivity index is 1.91. The van der Waals surface area contributed by atoms with E-state index in [1.54, 1.807) is 25.1 Å². The summed E-state index contributed by atoms with van der Waals surface area (Å²) in [5.74, 6) is 0.436. The number of anilines is 1. The lowest BCUT2D eigenvalue weighted by Gasteiger charge is -2.13. The lowest BCUT2D eigenvalue weighted by atomic mass is 10.1. The molecule has 1 aromatic heterocycles.